The lowest BCUT2D eigenvalue weighted by molar-refractivity contribution is -0.142. The standard InChI is InChI=1S/C13H10F3N5O/c1-7-5-10(13(14,15)16)21(20-7)11-4-3-9(6-17-11)12-19-18-8(2)22-12/h3-6H,1-2H3. The summed E-state index contributed by atoms with van der Waals surface area (Å²) in [5.74, 6) is 0.700. The number of aryl methyl sites for hydroxylation is 2. The molecule has 3 heterocycles. The van der Waals surface area contributed by atoms with Crippen molar-refractivity contribution in [3.05, 3.63) is 41.7 Å². The molecule has 0 fully saturated rings. The quantitative estimate of drug-likeness (QED) is 0.728. The molecule has 0 spiro atoms. The number of pyridine rings is 1. The minimum absolute atomic E-state index is 0.0559. The predicted octanol–water partition coefficient (Wildman–Crippen LogP) is 2.95. The van der Waals surface area contributed by atoms with Crippen molar-refractivity contribution in [3.8, 4) is 17.3 Å². The number of halogens is 3. The number of rotatable bonds is 2. The Morgan fingerprint density at radius 3 is 2.45 bits per heavy atom. The summed E-state index contributed by atoms with van der Waals surface area (Å²) < 4.78 is 44.9. The van der Waals surface area contributed by atoms with E-state index in [0.717, 1.165) is 10.7 Å². The Bertz CT molecular complexity index is 804. The van der Waals surface area contributed by atoms with Crippen LogP contribution >= 0.6 is 0 Å². The first-order chi connectivity index (χ1) is 10.3. The summed E-state index contributed by atoms with van der Waals surface area (Å²) in [7, 11) is 0. The van der Waals surface area contributed by atoms with Crippen LogP contribution in [-0.2, 0) is 6.18 Å². The van der Waals surface area contributed by atoms with E-state index in [1.54, 1.807) is 13.0 Å². The van der Waals surface area contributed by atoms with Crippen LogP contribution in [0.4, 0.5) is 13.2 Å². The molecular weight excluding hydrogens is 299 g/mol. The fourth-order valence-electron chi connectivity index (χ4n) is 1.93. The molecule has 0 aliphatic heterocycles. The SMILES string of the molecule is Cc1cc(C(F)(F)F)n(-c2ccc(-c3nnc(C)o3)cn2)n1. The van der Waals surface area contributed by atoms with Gasteiger partial charge in [0.05, 0.1) is 11.3 Å². The van der Waals surface area contributed by atoms with Gasteiger partial charge < -0.3 is 4.42 Å². The van der Waals surface area contributed by atoms with Gasteiger partial charge in [-0.05, 0) is 25.1 Å². The van der Waals surface area contributed by atoms with E-state index in [9.17, 15) is 13.2 Å². The molecule has 0 aliphatic rings. The van der Waals surface area contributed by atoms with Crippen LogP contribution < -0.4 is 0 Å². The Kier molecular flexibility index (Phi) is 3.19. The van der Waals surface area contributed by atoms with Crippen LogP contribution in [0.25, 0.3) is 17.3 Å². The molecule has 0 N–H and O–H groups in total. The topological polar surface area (TPSA) is 69.6 Å². The van der Waals surface area contributed by atoms with Crippen molar-refractivity contribution in [2.45, 2.75) is 20.0 Å². The molecule has 0 amide bonds. The molecule has 0 saturated carbocycles. The first-order valence-electron chi connectivity index (χ1n) is 6.25. The molecule has 3 aromatic rings. The first-order valence-corrected chi connectivity index (χ1v) is 6.25. The van der Waals surface area contributed by atoms with Gasteiger partial charge in [0.15, 0.2) is 5.82 Å². The minimum Gasteiger partial charge on any atom is -0.421 e. The van der Waals surface area contributed by atoms with Gasteiger partial charge in [-0.1, -0.05) is 0 Å². The molecule has 0 bridgehead atoms. The lowest BCUT2D eigenvalue weighted by atomic mass is 10.3. The van der Waals surface area contributed by atoms with Gasteiger partial charge in [0.25, 0.3) is 0 Å². The molecule has 0 saturated heterocycles. The second-order valence-electron chi connectivity index (χ2n) is 4.61. The Morgan fingerprint density at radius 2 is 1.91 bits per heavy atom. The fourth-order valence-corrected chi connectivity index (χ4v) is 1.93. The highest BCUT2D eigenvalue weighted by atomic mass is 19.4. The van der Waals surface area contributed by atoms with Gasteiger partial charge in [-0.15, -0.1) is 10.2 Å². The van der Waals surface area contributed by atoms with Crippen molar-refractivity contribution >= 4 is 0 Å². The van der Waals surface area contributed by atoms with E-state index in [0.29, 0.717) is 11.5 Å². The molecule has 9 heteroatoms. The Morgan fingerprint density at radius 1 is 1.14 bits per heavy atom. The average Bonchev–Trinajstić information content (AvgIpc) is 3.05. The summed E-state index contributed by atoms with van der Waals surface area (Å²) in [5.41, 5.74) is -0.105. The number of alkyl halides is 3. The van der Waals surface area contributed by atoms with Gasteiger partial charge >= 0.3 is 6.18 Å². The third-order valence-corrected chi connectivity index (χ3v) is 2.86. The second kappa shape index (κ2) is 4.93. The highest BCUT2D eigenvalue weighted by molar-refractivity contribution is 5.52. The van der Waals surface area contributed by atoms with E-state index in [-0.39, 0.29) is 17.4 Å². The summed E-state index contributed by atoms with van der Waals surface area (Å²) in [6.07, 6.45) is -3.15. The van der Waals surface area contributed by atoms with E-state index in [4.69, 9.17) is 4.42 Å². The van der Waals surface area contributed by atoms with Crippen LogP contribution in [0.2, 0.25) is 0 Å². The van der Waals surface area contributed by atoms with E-state index in [2.05, 4.69) is 20.3 Å². The van der Waals surface area contributed by atoms with Crippen molar-refractivity contribution in [2.24, 2.45) is 0 Å². The molecule has 6 nitrogen and oxygen atoms in total. The molecule has 3 aromatic heterocycles. The van der Waals surface area contributed by atoms with Crippen molar-refractivity contribution in [3.63, 3.8) is 0 Å². The number of nitrogens with zero attached hydrogens (tertiary/aromatic N) is 5. The third kappa shape index (κ3) is 2.57. The lowest BCUT2D eigenvalue weighted by Gasteiger charge is -2.09. The number of aromatic nitrogens is 5. The molecule has 3 rings (SSSR count). The van der Waals surface area contributed by atoms with Crippen molar-refractivity contribution in [1.29, 1.82) is 0 Å². The zero-order valence-electron chi connectivity index (χ0n) is 11.6. The van der Waals surface area contributed by atoms with Crippen molar-refractivity contribution in [2.75, 3.05) is 0 Å². The summed E-state index contributed by atoms with van der Waals surface area (Å²) >= 11 is 0. The van der Waals surface area contributed by atoms with E-state index < -0.39 is 11.9 Å². The van der Waals surface area contributed by atoms with E-state index in [1.807, 2.05) is 0 Å². The van der Waals surface area contributed by atoms with Crippen LogP contribution in [0, 0.1) is 13.8 Å². The average molecular weight is 309 g/mol. The highest BCUT2D eigenvalue weighted by Crippen LogP contribution is 2.31. The van der Waals surface area contributed by atoms with Gasteiger partial charge in [0.2, 0.25) is 11.8 Å². The number of hydrogen-bond acceptors (Lipinski definition) is 5. The smallest absolute Gasteiger partial charge is 0.421 e. The van der Waals surface area contributed by atoms with Crippen LogP contribution in [0.3, 0.4) is 0 Å². The molecule has 0 aliphatic carbocycles. The fraction of sp³-hybridized carbons (Fsp3) is 0.231. The maximum absolute atomic E-state index is 13.0. The van der Waals surface area contributed by atoms with Crippen LogP contribution in [0.5, 0.6) is 0 Å². The first kappa shape index (κ1) is 14.2. The van der Waals surface area contributed by atoms with E-state index in [1.165, 1.54) is 19.2 Å². The summed E-state index contributed by atoms with van der Waals surface area (Å²) in [6, 6.07) is 3.93. The zero-order valence-corrected chi connectivity index (χ0v) is 11.6. The molecule has 0 atom stereocenters. The normalized spacial score (nSPS) is 11.9. The molecule has 0 aromatic carbocycles. The van der Waals surface area contributed by atoms with Crippen molar-refractivity contribution in [1.82, 2.24) is 25.0 Å². The van der Waals surface area contributed by atoms with Gasteiger partial charge in [-0.3, -0.25) is 0 Å². The number of hydrogen-bond donors (Lipinski definition) is 0. The molecular formula is C13H10F3N5O. The largest absolute Gasteiger partial charge is 0.433 e. The maximum atomic E-state index is 13.0. The summed E-state index contributed by atoms with van der Waals surface area (Å²) in [6.45, 7) is 3.13. The second-order valence-corrected chi connectivity index (χ2v) is 4.61. The van der Waals surface area contributed by atoms with E-state index >= 15 is 0 Å². The van der Waals surface area contributed by atoms with Gasteiger partial charge in [0.1, 0.15) is 5.69 Å². The van der Waals surface area contributed by atoms with Gasteiger partial charge in [-0.2, -0.15) is 18.3 Å². The zero-order chi connectivity index (χ0) is 15.9. The minimum atomic E-state index is -4.51. The summed E-state index contributed by atoms with van der Waals surface area (Å²) in [4.78, 5) is 3.99. The molecule has 114 valence electrons. The third-order valence-electron chi connectivity index (χ3n) is 2.86. The molecule has 0 unspecified atom stereocenters. The Balaban J connectivity index is 2.00. The summed E-state index contributed by atoms with van der Waals surface area (Å²) in [5, 5.41) is 11.3. The molecule has 0 radical (unpaired) electrons. The van der Waals surface area contributed by atoms with Crippen molar-refractivity contribution < 1.29 is 17.6 Å². The Hall–Kier alpha value is -2.71. The highest BCUT2D eigenvalue weighted by Gasteiger charge is 2.36. The van der Waals surface area contributed by atoms with Crippen LogP contribution in [-0.4, -0.2) is 25.0 Å². The monoisotopic (exact) mass is 309 g/mol. The molecule has 22 heavy (non-hydrogen) atoms. The van der Waals surface area contributed by atoms with Gasteiger partial charge in [0, 0.05) is 13.1 Å². The van der Waals surface area contributed by atoms with Crippen LogP contribution in [0.1, 0.15) is 17.3 Å². The lowest BCUT2D eigenvalue weighted by Crippen LogP contribution is -2.14. The van der Waals surface area contributed by atoms with Gasteiger partial charge in [-0.25, -0.2) is 9.67 Å². The Labute approximate surface area is 122 Å². The predicted molar refractivity (Wildman–Crippen MR) is 69.1 cm³/mol. The maximum Gasteiger partial charge on any atom is 0.433 e. The van der Waals surface area contributed by atoms with Crippen LogP contribution in [0.15, 0.2) is 28.8 Å².